The first kappa shape index (κ1) is 26.1. The van der Waals surface area contributed by atoms with Crippen LogP contribution in [0.25, 0.3) is 32.7 Å². The van der Waals surface area contributed by atoms with Gasteiger partial charge >= 0.3 is 0 Å². The fraction of sp³-hybridized carbons (Fsp3) is 0.158. The van der Waals surface area contributed by atoms with Gasteiger partial charge in [-0.3, -0.25) is 0 Å². The van der Waals surface area contributed by atoms with Crippen LogP contribution < -0.4 is 10.1 Å². The van der Waals surface area contributed by atoms with Gasteiger partial charge in [0.2, 0.25) is 0 Å². The van der Waals surface area contributed by atoms with Gasteiger partial charge in [0, 0.05) is 22.1 Å². The van der Waals surface area contributed by atoms with Gasteiger partial charge in [0.05, 0.1) is 14.5 Å². The molecule has 0 amide bonds. The smallest absolute Gasteiger partial charge is 0.0792 e. The number of benzene rings is 6. The molecule has 1 nitrogen and oxygen atoms in total. The molecule has 0 aliphatic heterocycles. The highest BCUT2D eigenvalue weighted by molar-refractivity contribution is 6.70. The molecule has 197 valence electrons. The van der Waals surface area contributed by atoms with Crippen molar-refractivity contribution < 1.29 is 0 Å². The van der Waals surface area contributed by atoms with Crippen molar-refractivity contribution in [3.63, 3.8) is 0 Å². The zero-order valence-corrected chi connectivity index (χ0v) is 25.3. The average Bonchev–Trinajstić information content (AvgIpc) is 2.94. The van der Waals surface area contributed by atoms with Crippen LogP contribution in [-0.2, 0) is 0 Å². The van der Waals surface area contributed by atoms with Gasteiger partial charge in [0.15, 0.2) is 0 Å². The molecule has 40 heavy (non-hydrogen) atoms. The van der Waals surface area contributed by atoms with Crippen molar-refractivity contribution >= 4 is 52.6 Å². The van der Waals surface area contributed by atoms with Crippen LogP contribution in [0.5, 0.6) is 0 Å². The Balaban J connectivity index is 1.74. The second kappa shape index (κ2) is 10.4. The summed E-state index contributed by atoms with van der Waals surface area (Å²) in [6, 6.07) is 40.7. The molecule has 6 aromatic carbocycles. The molecule has 0 aliphatic rings. The van der Waals surface area contributed by atoms with Gasteiger partial charge in [0.1, 0.15) is 0 Å². The first-order valence-corrected chi connectivity index (χ1v) is 16.6. The molecule has 0 atom stereocenters. The number of nitrogens with zero attached hydrogens (tertiary/aromatic N) is 1. The molecule has 0 aliphatic carbocycles. The maximum absolute atomic E-state index is 2.52. The Kier molecular flexibility index (Phi) is 6.81. The number of fused-ring (bicyclic) bond motifs is 2. The molecule has 6 aromatic rings. The summed E-state index contributed by atoms with van der Waals surface area (Å²) in [4.78, 5) is 2.52. The maximum Gasteiger partial charge on any atom is 0.0792 e. The highest BCUT2D eigenvalue weighted by atomic mass is 28.3. The molecule has 0 spiro atoms. The minimum atomic E-state index is -0.622. The van der Waals surface area contributed by atoms with Crippen molar-refractivity contribution in [3.8, 4) is 11.1 Å². The Morgan fingerprint density at radius 3 is 1.73 bits per heavy atom. The zero-order chi connectivity index (χ0) is 28.0. The van der Waals surface area contributed by atoms with Gasteiger partial charge < -0.3 is 4.90 Å². The van der Waals surface area contributed by atoms with Crippen LogP contribution in [0.2, 0.25) is 13.1 Å². The molecule has 1 radical (unpaired) electrons. The molecule has 0 bridgehead atoms. The second-order valence-corrected chi connectivity index (χ2v) is 14.0. The average molecular weight is 535 g/mol. The van der Waals surface area contributed by atoms with Gasteiger partial charge in [-0.1, -0.05) is 97.1 Å². The van der Waals surface area contributed by atoms with Crippen LogP contribution in [0.4, 0.5) is 17.1 Å². The normalized spacial score (nSPS) is 11.5. The third kappa shape index (κ3) is 4.74. The molecule has 0 heterocycles. The highest BCUT2D eigenvalue weighted by Crippen LogP contribution is 2.46. The van der Waals surface area contributed by atoms with E-state index >= 15 is 0 Å². The summed E-state index contributed by atoms with van der Waals surface area (Å²) in [6.45, 7) is 13.7. The van der Waals surface area contributed by atoms with Crippen molar-refractivity contribution in [2.75, 3.05) is 4.90 Å². The van der Waals surface area contributed by atoms with Crippen molar-refractivity contribution in [1.29, 1.82) is 0 Å². The van der Waals surface area contributed by atoms with Crippen LogP contribution in [0.1, 0.15) is 22.3 Å². The Hall–Kier alpha value is -4.14. The Morgan fingerprint density at radius 2 is 1.05 bits per heavy atom. The van der Waals surface area contributed by atoms with E-state index in [9.17, 15) is 0 Å². The van der Waals surface area contributed by atoms with Crippen LogP contribution in [0.15, 0.2) is 109 Å². The van der Waals surface area contributed by atoms with E-state index in [4.69, 9.17) is 0 Å². The number of hydrogen-bond donors (Lipinski definition) is 0. The molecule has 6 rings (SSSR count). The van der Waals surface area contributed by atoms with Gasteiger partial charge in [-0.05, 0) is 102 Å². The largest absolute Gasteiger partial charge is 0.309 e. The Labute approximate surface area is 240 Å². The van der Waals surface area contributed by atoms with Gasteiger partial charge in [-0.25, -0.2) is 0 Å². The van der Waals surface area contributed by atoms with E-state index in [1.165, 1.54) is 77.2 Å². The van der Waals surface area contributed by atoms with E-state index in [-0.39, 0.29) is 0 Å². The fourth-order valence-electron chi connectivity index (χ4n) is 6.09. The standard InChI is InChI=1S/C38H36NSi/c1-25-18-26(2)20-31(19-25)39(32-21-27(3)22-33(24-32)40(5)6)38-35-15-11-10-14-34(35)28(4)37-23-30(16-17-36(37)38)29-12-8-7-9-13-29/h7-24H,1-6H3. The lowest BCUT2D eigenvalue weighted by Crippen LogP contribution is -2.24. The van der Waals surface area contributed by atoms with E-state index in [1.54, 1.807) is 0 Å². The minimum absolute atomic E-state index is 0.622. The molecular weight excluding hydrogens is 499 g/mol. The van der Waals surface area contributed by atoms with Gasteiger partial charge in [0.25, 0.3) is 0 Å². The number of anilines is 3. The van der Waals surface area contributed by atoms with Crippen molar-refractivity contribution in [1.82, 2.24) is 0 Å². The van der Waals surface area contributed by atoms with E-state index in [0.717, 1.165) is 0 Å². The summed E-state index contributed by atoms with van der Waals surface area (Å²) in [5.41, 5.74) is 11.4. The summed E-state index contributed by atoms with van der Waals surface area (Å²) in [5.74, 6) is 0. The van der Waals surface area contributed by atoms with E-state index in [2.05, 4.69) is 155 Å². The van der Waals surface area contributed by atoms with Gasteiger partial charge in [-0.15, -0.1) is 0 Å². The fourth-order valence-corrected chi connectivity index (χ4v) is 7.04. The number of hydrogen-bond acceptors (Lipinski definition) is 1. The molecule has 0 saturated carbocycles. The van der Waals surface area contributed by atoms with Crippen molar-refractivity contribution in [2.24, 2.45) is 0 Å². The van der Waals surface area contributed by atoms with Crippen LogP contribution in [0.3, 0.4) is 0 Å². The molecule has 2 heteroatoms. The molecule has 0 saturated heterocycles. The van der Waals surface area contributed by atoms with Gasteiger partial charge in [-0.2, -0.15) is 0 Å². The lowest BCUT2D eigenvalue weighted by Gasteiger charge is -2.30. The highest BCUT2D eigenvalue weighted by Gasteiger charge is 2.22. The predicted molar refractivity (Wildman–Crippen MR) is 178 cm³/mol. The summed E-state index contributed by atoms with van der Waals surface area (Å²) in [5, 5.41) is 6.61. The molecule has 0 fully saturated rings. The number of aryl methyl sites for hydroxylation is 4. The van der Waals surface area contributed by atoms with E-state index in [1.807, 2.05) is 0 Å². The predicted octanol–water partition coefficient (Wildman–Crippen LogP) is 10.3. The molecule has 0 aromatic heterocycles. The third-order valence-electron chi connectivity index (χ3n) is 7.96. The van der Waals surface area contributed by atoms with Crippen LogP contribution >= 0.6 is 0 Å². The quantitative estimate of drug-likeness (QED) is 0.157. The lowest BCUT2D eigenvalue weighted by atomic mass is 9.91. The minimum Gasteiger partial charge on any atom is -0.309 e. The maximum atomic E-state index is 2.52. The van der Waals surface area contributed by atoms with Crippen LogP contribution in [-0.4, -0.2) is 8.80 Å². The zero-order valence-electron chi connectivity index (χ0n) is 24.3. The monoisotopic (exact) mass is 534 g/mol. The second-order valence-electron chi connectivity index (χ2n) is 11.4. The first-order chi connectivity index (χ1) is 19.3. The lowest BCUT2D eigenvalue weighted by molar-refractivity contribution is 1.26. The summed E-state index contributed by atoms with van der Waals surface area (Å²) in [6.07, 6.45) is 0. The third-order valence-corrected chi connectivity index (χ3v) is 9.40. The van der Waals surface area contributed by atoms with E-state index < -0.39 is 8.80 Å². The summed E-state index contributed by atoms with van der Waals surface area (Å²) in [7, 11) is -0.622. The topological polar surface area (TPSA) is 3.24 Å². The Bertz CT molecular complexity index is 1850. The summed E-state index contributed by atoms with van der Waals surface area (Å²) >= 11 is 0. The molecule has 0 unspecified atom stereocenters. The molecular formula is C38H36NSi. The van der Waals surface area contributed by atoms with Crippen molar-refractivity contribution in [3.05, 3.63) is 131 Å². The first-order valence-electron chi connectivity index (χ1n) is 14.1. The molecule has 0 N–H and O–H groups in total. The number of rotatable bonds is 5. The SMILES string of the molecule is Cc1cc(C)cc(N(c2cc(C)cc([Si](C)C)c2)c2c3ccccc3c(C)c3cc(-c4ccccc4)ccc23)c1. The van der Waals surface area contributed by atoms with Crippen molar-refractivity contribution in [2.45, 2.75) is 40.8 Å². The van der Waals surface area contributed by atoms with E-state index in [0.29, 0.717) is 0 Å². The summed E-state index contributed by atoms with van der Waals surface area (Å²) < 4.78 is 0. The Morgan fingerprint density at radius 1 is 0.475 bits per heavy atom. The van der Waals surface area contributed by atoms with Crippen LogP contribution in [0, 0.1) is 27.7 Å².